The molecule has 4 nitrogen and oxygen atoms in total. The molecule has 5 heteroatoms. The maximum atomic E-state index is 5.99. The molecule has 1 aliphatic rings. The molecule has 0 amide bonds. The Labute approximate surface area is 81.3 Å². The average molecular weight is 200 g/mol. The smallest absolute Gasteiger partial charge is 0.148 e. The van der Waals surface area contributed by atoms with E-state index in [2.05, 4.69) is 15.3 Å². The van der Waals surface area contributed by atoms with E-state index in [1.807, 2.05) is 6.92 Å². The van der Waals surface area contributed by atoms with E-state index in [1.165, 1.54) is 6.33 Å². The van der Waals surface area contributed by atoms with Gasteiger partial charge in [-0.1, -0.05) is 11.6 Å². The standard InChI is InChI=1S/C8H10ClN3O/c1-5-7(9)8(11-4-10-5)12-6-2-13-3-6/h4,6H,2-3H2,1H3,(H,10,11,12). The zero-order chi connectivity index (χ0) is 9.26. The molecular weight excluding hydrogens is 190 g/mol. The lowest BCUT2D eigenvalue weighted by atomic mass is 10.2. The molecule has 1 N–H and O–H groups in total. The summed E-state index contributed by atoms with van der Waals surface area (Å²) < 4.78 is 5.03. The minimum absolute atomic E-state index is 0.340. The lowest BCUT2D eigenvalue weighted by Crippen LogP contribution is -2.40. The van der Waals surface area contributed by atoms with Crippen molar-refractivity contribution in [2.75, 3.05) is 18.5 Å². The molecule has 1 saturated heterocycles. The van der Waals surface area contributed by atoms with E-state index in [4.69, 9.17) is 16.3 Å². The Kier molecular flexibility index (Phi) is 2.33. The summed E-state index contributed by atoms with van der Waals surface area (Å²) >= 11 is 5.99. The molecule has 0 unspecified atom stereocenters. The summed E-state index contributed by atoms with van der Waals surface area (Å²) in [7, 11) is 0. The zero-order valence-corrected chi connectivity index (χ0v) is 8.01. The molecular formula is C8H10ClN3O. The van der Waals surface area contributed by atoms with E-state index in [1.54, 1.807) is 0 Å². The Bertz CT molecular complexity index is 314. The molecule has 0 aliphatic carbocycles. The van der Waals surface area contributed by atoms with Crippen LogP contribution in [0.2, 0.25) is 5.02 Å². The first-order valence-corrected chi connectivity index (χ1v) is 4.46. The molecule has 0 saturated carbocycles. The molecule has 0 aromatic carbocycles. The fraction of sp³-hybridized carbons (Fsp3) is 0.500. The predicted octanol–water partition coefficient (Wildman–Crippen LogP) is 1.25. The van der Waals surface area contributed by atoms with Crippen LogP contribution in [0.3, 0.4) is 0 Å². The van der Waals surface area contributed by atoms with Crippen LogP contribution in [0, 0.1) is 6.92 Å². The van der Waals surface area contributed by atoms with Crippen molar-refractivity contribution < 1.29 is 4.74 Å². The fourth-order valence-corrected chi connectivity index (χ4v) is 1.22. The van der Waals surface area contributed by atoms with Crippen molar-refractivity contribution in [1.82, 2.24) is 9.97 Å². The molecule has 2 rings (SSSR count). The Balaban J connectivity index is 2.14. The van der Waals surface area contributed by atoms with Crippen molar-refractivity contribution in [1.29, 1.82) is 0 Å². The molecule has 70 valence electrons. The number of hydrogen-bond donors (Lipinski definition) is 1. The van der Waals surface area contributed by atoms with Crippen LogP contribution >= 0.6 is 11.6 Å². The van der Waals surface area contributed by atoms with Gasteiger partial charge in [0.05, 0.1) is 24.9 Å². The number of hydrogen-bond acceptors (Lipinski definition) is 4. The third kappa shape index (κ3) is 1.73. The Morgan fingerprint density at radius 3 is 2.92 bits per heavy atom. The van der Waals surface area contributed by atoms with Crippen molar-refractivity contribution in [3.05, 3.63) is 17.0 Å². The van der Waals surface area contributed by atoms with Crippen LogP contribution < -0.4 is 5.32 Å². The molecule has 0 bridgehead atoms. The van der Waals surface area contributed by atoms with Gasteiger partial charge in [-0.2, -0.15) is 0 Å². The predicted molar refractivity (Wildman–Crippen MR) is 50.0 cm³/mol. The van der Waals surface area contributed by atoms with E-state index in [0.29, 0.717) is 16.9 Å². The van der Waals surface area contributed by atoms with Crippen LogP contribution in [-0.4, -0.2) is 29.2 Å². The van der Waals surface area contributed by atoms with Gasteiger partial charge in [-0.15, -0.1) is 0 Å². The number of halogens is 1. The number of anilines is 1. The third-order valence-electron chi connectivity index (χ3n) is 1.94. The van der Waals surface area contributed by atoms with E-state index in [-0.39, 0.29) is 0 Å². The van der Waals surface area contributed by atoms with Crippen molar-refractivity contribution in [2.45, 2.75) is 13.0 Å². The van der Waals surface area contributed by atoms with Crippen LogP contribution in [-0.2, 0) is 4.74 Å². The molecule has 1 aromatic rings. The highest BCUT2D eigenvalue weighted by atomic mass is 35.5. The Hall–Kier alpha value is -0.870. The monoisotopic (exact) mass is 199 g/mol. The van der Waals surface area contributed by atoms with Gasteiger partial charge in [0.1, 0.15) is 17.2 Å². The van der Waals surface area contributed by atoms with E-state index in [0.717, 1.165) is 18.9 Å². The van der Waals surface area contributed by atoms with Crippen molar-refractivity contribution in [3.63, 3.8) is 0 Å². The van der Waals surface area contributed by atoms with Crippen LogP contribution in [0.5, 0.6) is 0 Å². The second kappa shape index (κ2) is 3.47. The second-order valence-electron chi connectivity index (χ2n) is 3.00. The summed E-state index contributed by atoms with van der Waals surface area (Å²) in [5.41, 5.74) is 0.791. The first-order chi connectivity index (χ1) is 6.27. The lowest BCUT2D eigenvalue weighted by Gasteiger charge is -2.27. The normalized spacial score (nSPS) is 16.8. The van der Waals surface area contributed by atoms with Gasteiger partial charge in [-0.25, -0.2) is 9.97 Å². The quantitative estimate of drug-likeness (QED) is 0.779. The van der Waals surface area contributed by atoms with Crippen molar-refractivity contribution in [2.24, 2.45) is 0 Å². The first-order valence-electron chi connectivity index (χ1n) is 4.09. The maximum Gasteiger partial charge on any atom is 0.148 e. The highest BCUT2D eigenvalue weighted by Crippen LogP contribution is 2.22. The topological polar surface area (TPSA) is 47.0 Å². The van der Waals surface area contributed by atoms with Crippen LogP contribution in [0.1, 0.15) is 5.69 Å². The number of ether oxygens (including phenoxy) is 1. The van der Waals surface area contributed by atoms with E-state index in [9.17, 15) is 0 Å². The molecule has 13 heavy (non-hydrogen) atoms. The van der Waals surface area contributed by atoms with Gasteiger partial charge in [0, 0.05) is 0 Å². The van der Waals surface area contributed by atoms with Gasteiger partial charge >= 0.3 is 0 Å². The highest BCUT2D eigenvalue weighted by molar-refractivity contribution is 6.33. The second-order valence-corrected chi connectivity index (χ2v) is 3.38. The highest BCUT2D eigenvalue weighted by Gasteiger charge is 2.19. The van der Waals surface area contributed by atoms with Crippen LogP contribution in [0.4, 0.5) is 5.82 Å². The van der Waals surface area contributed by atoms with Gasteiger partial charge in [0.25, 0.3) is 0 Å². The molecule has 0 spiro atoms. The largest absolute Gasteiger partial charge is 0.377 e. The fourth-order valence-electron chi connectivity index (χ4n) is 1.07. The lowest BCUT2D eigenvalue weighted by molar-refractivity contribution is 0.0209. The first kappa shape index (κ1) is 8.72. The van der Waals surface area contributed by atoms with E-state index >= 15 is 0 Å². The number of nitrogens with one attached hydrogen (secondary N) is 1. The summed E-state index contributed by atoms with van der Waals surface area (Å²) in [4.78, 5) is 8.03. The molecule has 0 radical (unpaired) electrons. The van der Waals surface area contributed by atoms with Gasteiger partial charge in [0.15, 0.2) is 0 Å². The van der Waals surface area contributed by atoms with Gasteiger partial charge in [-0.3, -0.25) is 0 Å². The number of nitrogens with zero attached hydrogens (tertiary/aromatic N) is 2. The molecule has 2 heterocycles. The van der Waals surface area contributed by atoms with Gasteiger partial charge < -0.3 is 10.1 Å². The third-order valence-corrected chi connectivity index (χ3v) is 2.40. The Morgan fingerprint density at radius 2 is 2.31 bits per heavy atom. The van der Waals surface area contributed by atoms with Crippen molar-refractivity contribution in [3.8, 4) is 0 Å². The SMILES string of the molecule is Cc1ncnc(NC2COC2)c1Cl. The summed E-state index contributed by atoms with van der Waals surface area (Å²) in [6.07, 6.45) is 1.50. The summed E-state index contributed by atoms with van der Waals surface area (Å²) in [6.45, 7) is 3.30. The number of rotatable bonds is 2. The maximum absolute atomic E-state index is 5.99. The minimum Gasteiger partial charge on any atom is -0.377 e. The molecule has 1 aliphatic heterocycles. The van der Waals surface area contributed by atoms with Crippen molar-refractivity contribution >= 4 is 17.4 Å². The van der Waals surface area contributed by atoms with E-state index < -0.39 is 0 Å². The summed E-state index contributed by atoms with van der Waals surface area (Å²) in [5.74, 6) is 0.697. The average Bonchev–Trinajstić information content (AvgIpc) is 2.04. The summed E-state index contributed by atoms with van der Waals surface area (Å²) in [5, 5.41) is 3.77. The van der Waals surface area contributed by atoms with Gasteiger partial charge in [-0.05, 0) is 6.92 Å². The summed E-state index contributed by atoms with van der Waals surface area (Å²) in [6, 6.07) is 0.340. The molecule has 1 fully saturated rings. The van der Waals surface area contributed by atoms with Crippen LogP contribution in [0.15, 0.2) is 6.33 Å². The Morgan fingerprint density at radius 1 is 1.54 bits per heavy atom. The van der Waals surface area contributed by atoms with Gasteiger partial charge in [0.2, 0.25) is 0 Å². The number of aromatic nitrogens is 2. The zero-order valence-electron chi connectivity index (χ0n) is 7.25. The van der Waals surface area contributed by atoms with Crippen LogP contribution in [0.25, 0.3) is 0 Å². The minimum atomic E-state index is 0.340. The molecule has 0 atom stereocenters. The molecule has 1 aromatic heterocycles. The number of aryl methyl sites for hydroxylation is 1.